The Hall–Kier alpha value is -1.68. The van der Waals surface area contributed by atoms with Crippen molar-refractivity contribution in [3.05, 3.63) is 35.7 Å². The van der Waals surface area contributed by atoms with Gasteiger partial charge in [-0.25, -0.2) is 4.98 Å². The Morgan fingerprint density at radius 2 is 1.95 bits per heavy atom. The third-order valence-corrected chi connectivity index (χ3v) is 4.30. The number of hydrogen-bond donors (Lipinski definition) is 1. The van der Waals surface area contributed by atoms with E-state index in [1.807, 2.05) is 6.92 Å². The molecule has 1 heterocycles. The molecule has 4 heteroatoms. The summed E-state index contributed by atoms with van der Waals surface area (Å²) >= 11 is 0. The summed E-state index contributed by atoms with van der Waals surface area (Å²) in [6.07, 6.45) is 5.22. The molecule has 0 aliphatic heterocycles. The number of aromatic amines is 1. The molecule has 0 bridgehead atoms. The van der Waals surface area contributed by atoms with Crippen LogP contribution in [0.25, 0.3) is 11.4 Å². The summed E-state index contributed by atoms with van der Waals surface area (Å²) in [5.41, 5.74) is 2.25. The standard InChI is InChI=1S/C17H23N3O/c1-3-21-12(2)13-8-10-15(11-9-13)17-18-16(19-20-17)14-6-4-5-7-14/h8-12,14H,3-7H2,1-2H3,(H,18,19,20). The molecule has 1 saturated carbocycles. The molecular formula is C17H23N3O. The number of nitrogens with zero attached hydrogens (tertiary/aromatic N) is 2. The Labute approximate surface area is 125 Å². The summed E-state index contributed by atoms with van der Waals surface area (Å²) in [7, 11) is 0. The maximum Gasteiger partial charge on any atom is 0.181 e. The normalized spacial score (nSPS) is 17.2. The first-order chi connectivity index (χ1) is 10.3. The lowest BCUT2D eigenvalue weighted by atomic mass is 10.1. The van der Waals surface area contributed by atoms with Gasteiger partial charge < -0.3 is 4.74 Å². The van der Waals surface area contributed by atoms with Crippen molar-refractivity contribution in [1.29, 1.82) is 0 Å². The Morgan fingerprint density at radius 3 is 2.62 bits per heavy atom. The topological polar surface area (TPSA) is 50.8 Å². The Morgan fingerprint density at radius 1 is 1.24 bits per heavy atom. The van der Waals surface area contributed by atoms with Gasteiger partial charge in [0.2, 0.25) is 0 Å². The van der Waals surface area contributed by atoms with Gasteiger partial charge in [0, 0.05) is 18.1 Å². The third kappa shape index (κ3) is 3.16. The second kappa shape index (κ2) is 6.39. The summed E-state index contributed by atoms with van der Waals surface area (Å²) in [5, 5.41) is 7.49. The number of ether oxygens (including phenoxy) is 1. The van der Waals surface area contributed by atoms with Crippen molar-refractivity contribution in [1.82, 2.24) is 15.2 Å². The first kappa shape index (κ1) is 14.3. The molecule has 3 rings (SSSR count). The third-order valence-electron chi connectivity index (χ3n) is 4.30. The molecule has 1 unspecified atom stereocenters. The maximum atomic E-state index is 5.61. The smallest absolute Gasteiger partial charge is 0.181 e. The first-order valence-corrected chi connectivity index (χ1v) is 7.92. The van der Waals surface area contributed by atoms with E-state index in [0.717, 1.165) is 23.8 Å². The van der Waals surface area contributed by atoms with Crippen molar-refractivity contribution in [2.24, 2.45) is 0 Å². The molecule has 0 amide bonds. The van der Waals surface area contributed by atoms with Gasteiger partial charge in [-0.05, 0) is 32.3 Å². The highest BCUT2D eigenvalue weighted by Gasteiger charge is 2.20. The van der Waals surface area contributed by atoms with Crippen LogP contribution in [0.3, 0.4) is 0 Å². The SMILES string of the molecule is CCOC(C)c1ccc(-c2n[nH]c(C3CCCC3)n2)cc1. The molecule has 1 atom stereocenters. The zero-order valence-corrected chi connectivity index (χ0v) is 12.8. The van der Waals surface area contributed by atoms with E-state index in [4.69, 9.17) is 4.74 Å². The van der Waals surface area contributed by atoms with Gasteiger partial charge in [0.25, 0.3) is 0 Å². The summed E-state index contributed by atoms with van der Waals surface area (Å²) < 4.78 is 5.61. The van der Waals surface area contributed by atoms with Gasteiger partial charge in [-0.15, -0.1) is 0 Å². The largest absolute Gasteiger partial charge is 0.374 e. The van der Waals surface area contributed by atoms with Gasteiger partial charge in [-0.3, -0.25) is 5.10 Å². The van der Waals surface area contributed by atoms with Gasteiger partial charge in [-0.2, -0.15) is 5.10 Å². The van der Waals surface area contributed by atoms with E-state index in [2.05, 4.69) is 46.4 Å². The number of rotatable bonds is 5. The number of hydrogen-bond acceptors (Lipinski definition) is 3. The lowest BCUT2D eigenvalue weighted by Crippen LogP contribution is -1.99. The Bertz CT molecular complexity index is 570. The van der Waals surface area contributed by atoms with Crippen molar-refractivity contribution in [3.63, 3.8) is 0 Å². The van der Waals surface area contributed by atoms with Crippen LogP contribution in [0.2, 0.25) is 0 Å². The quantitative estimate of drug-likeness (QED) is 0.894. The highest BCUT2D eigenvalue weighted by Crippen LogP contribution is 2.32. The van der Waals surface area contributed by atoms with E-state index in [9.17, 15) is 0 Å². The van der Waals surface area contributed by atoms with E-state index >= 15 is 0 Å². The van der Waals surface area contributed by atoms with E-state index < -0.39 is 0 Å². The van der Waals surface area contributed by atoms with E-state index in [1.54, 1.807) is 0 Å². The minimum atomic E-state index is 0.130. The number of H-pyrrole nitrogens is 1. The van der Waals surface area contributed by atoms with Crippen LogP contribution in [0.15, 0.2) is 24.3 Å². The van der Waals surface area contributed by atoms with Crippen molar-refractivity contribution in [2.45, 2.75) is 51.6 Å². The molecule has 112 valence electrons. The molecule has 1 N–H and O–H groups in total. The molecule has 1 aromatic carbocycles. The van der Waals surface area contributed by atoms with Crippen LogP contribution in [0.4, 0.5) is 0 Å². The van der Waals surface area contributed by atoms with Crippen LogP contribution in [-0.4, -0.2) is 21.8 Å². The molecule has 4 nitrogen and oxygen atoms in total. The van der Waals surface area contributed by atoms with Crippen molar-refractivity contribution in [2.75, 3.05) is 6.61 Å². The molecule has 0 radical (unpaired) electrons. The van der Waals surface area contributed by atoms with Crippen LogP contribution < -0.4 is 0 Å². The fourth-order valence-corrected chi connectivity index (χ4v) is 3.03. The molecule has 1 fully saturated rings. The molecule has 0 spiro atoms. The van der Waals surface area contributed by atoms with Crippen LogP contribution in [-0.2, 0) is 4.74 Å². The lowest BCUT2D eigenvalue weighted by molar-refractivity contribution is 0.0764. The molecule has 1 aromatic heterocycles. The van der Waals surface area contributed by atoms with Gasteiger partial charge in [-0.1, -0.05) is 37.1 Å². The van der Waals surface area contributed by atoms with Gasteiger partial charge in [0.15, 0.2) is 5.82 Å². The van der Waals surface area contributed by atoms with E-state index in [1.165, 1.54) is 31.2 Å². The Balaban J connectivity index is 1.74. The minimum absolute atomic E-state index is 0.130. The fourth-order valence-electron chi connectivity index (χ4n) is 3.03. The minimum Gasteiger partial charge on any atom is -0.374 e. The fraction of sp³-hybridized carbons (Fsp3) is 0.529. The molecule has 2 aromatic rings. The van der Waals surface area contributed by atoms with E-state index in [-0.39, 0.29) is 6.10 Å². The molecular weight excluding hydrogens is 262 g/mol. The van der Waals surface area contributed by atoms with Crippen LogP contribution in [0.1, 0.15) is 62.9 Å². The lowest BCUT2D eigenvalue weighted by Gasteiger charge is -2.11. The van der Waals surface area contributed by atoms with Gasteiger partial charge in [0.1, 0.15) is 5.82 Å². The zero-order valence-electron chi connectivity index (χ0n) is 12.8. The predicted molar refractivity (Wildman–Crippen MR) is 83.1 cm³/mol. The number of aromatic nitrogens is 3. The monoisotopic (exact) mass is 285 g/mol. The van der Waals surface area contributed by atoms with E-state index in [0.29, 0.717) is 5.92 Å². The highest BCUT2D eigenvalue weighted by atomic mass is 16.5. The van der Waals surface area contributed by atoms with Gasteiger partial charge in [0.05, 0.1) is 6.10 Å². The molecule has 21 heavy (non-hydrogen) atoms. The van der Waals surface area contributed by atoms with Gasteiger partial charge >= 0.3 is 0 Å². The number of nitrogens with one attached hydrogen (secondary N) is 1. The first-order valence-electron chi connectivity index (χ1n) is 7.92. The second-order valence-electron chi connectivity index (χ2n) is 5.75. The number of benzene rings is 1. The average molecular weight is 285 g/mol. The molecule has 1 aliphatic carbocycles. The summed E-state index contributed by atoms with van der Waals surface area (Å²) in [6, 6.07) is 8.35. The second-order valence-corrected chi connectivity index (χ2v) is 5.75. The van der Waals surface area contributed by atoms with Crippen LogP contribution >= 0.6 is 0 Å². The molecule has 1 aliphatic rings. The maximum absolute atomic E-state index is 5.61. The van der Waals surface area contributed by atoms with Crippen molar-refractivity contribution >= 4 is 0 Å². The van der Waals surface area contributed by atoms with Crippen LogP contribution in [0, 0.1) is 0 Å². The van der Waals surface area contributed by atoms with Crippen molar-refractivity contribution < 1.29 is 4.74 Å². The molecule has 0 saturated heterocycles. The van der Waals surface area contributed by atoms with Crippen LogP contribution in [0.5, 0.6) is 0 Å². The summed E-state index contributed by atoms with van der Waals surface area (Å²) in [4.78, 5) is 4.68. The predicted octanol–water partition coefficient (Wildman–Crippen LogP) is 4.23. The summed E-state index contributed by atoms with van der Waals surface area (Å²) in [6.45, 7) is 4.82. The highest BCUT2D eigenvalue weighted by molar-refractivity contribution is 5.55. The Kier molecular flexibility index (Phi) is 4.34. The zero-order chi connectivity index (χ0) is 14.7. The van der Waals surface area contributed by atoms with Crippen molar-refractivity contribution in [3.8, 4) is 11.4 Å². The summed E-state index contributed by atoms with van der Waals surface area (Å²) in [5.74, 6) is 2.42. The average Bonchev–Trinajstić information content (AvgIpc) is 3.19.